The number of cyclic esters (lactones) is 1. The molecule has 4 heteroatoms. The summed E-state index contributed by atoms with van der Waals surface area (Å²) in [5.41, 5.74) is 5.83. The zero-order valence-corrected chi connectivity index (χ0v) is 10.0. The van der Waals surface area contributed by atoms with Crippen LogP contribution in [0.15, 0.2) is 0 Å². The maximum Gasteiger partial charge on any atom is 0.323 e. The molecule has 0 bridgehead atoms. The molecule has 0 saturated carbocycles. The lowest BCUT2D eigenvalue weighted by atomic mass is 9.87. The summed E-state index contributed by atoms with van der Waals surface area (Å²) in [4.78, 5) is 13.9. The van der Waals surface area contributed by atoms with Crippen LogP contribution in [0.5, 0.6) is 0 Å². The van der Waals surface area contributed by atoms with Crippen molar-refractivity contribution in [3.05, 3.63) is 0 Å². The van der Waals surface area contributed by atoms with Crippen LogP contribution in [0.2, 0.25) is 0 Å². The Morgan fingerprint density at radius 1 is 1.50 bits per heavy atom. The van der Waals surface area contributed by atoms with Gasteiger partial charge in [-0.05, 0) is 25.3 Å². The van der Waals surface area contributed by atoms with Gasteiger partial charge in [0.2, 0.25) is 0 Å². The molecule has 3 atom stereocenters. The van der Waals surface area contributed by atoms with Gasteiger partial charge in [0, 0.05) is 19.0 Å². The van der Waals surface area contributed by atoms with Crippen molar-refractivity contribution in [1.82, 2.24) is 4.90 Å². The van der Waals surface area contributed by atoms with E-state index in [1.807, 2.05) is 0 Å². The standard InChI is InChI=1S/C12H22N2O2/c1-2-9-3-5-14(10(7-9)8-13)11-4-6-16-12(11)15/h9-11H,2-8,13H2,1H3. The highest BCUT2D eigenvalue weighted by atomic mass is 16.5. The molecule has 92 valence electrons. The second-order valence-corrected chi connectivity index (χ2v) is 4.90. The lowest BCUT2D eigenvalue weighted by Crippen LogP contribution is -2.52. The van der Waals surface area contributed by atoms with E-state index in [1.54, 1.807) is 0 Å². The van der Waals surface area contributed by atoms with E-state index in [1.165, 1.54) is 12.8 Å². The van der Waals surface area contributed by atoms with Gasteiger partial charge in [0.1, 0.15) is 6.04 Å². The minimum absolute atomic E-state index is 0.0219. The van der Waals surface area contributed by atoms with Crippen LogP contribution in [0.1, 0.15) is 32.6 Å². The van der Waals surface area contributed by atoms with Gasteiger partial charge in [-0.1, -0.05) is 13.3 Å². The number of esters is 1. The highest BCUT2D eigenvalue weighted by Crippen LogP contribution is 2.28. The van der Waals surface area contributed by atoms with Crippen LogP contribution in [-0.4, -0.2) is 42.6 Å². The fourth-order valence-corrected chi connectivity index (χ4v) is 2.95. The number of carbonyl (C=O) groups is 1. The van der Waals surface area contributed by atoms with E-state index in [0.717, 1.165) is 25.3 Å². The van der Waals surface area contributed by atoms with Gasteiger partial charge in [-0.15, -0.1) is 0 Å². The van der Waals surface area contributed by atoms with Gasteiger partial charge < -0.3 is 10.5 Å². The van der Waals surface area contributed by atoms with E-state index in [-0.39, 0.29) is 12.0 Å². The Morgan fingerprint density at radius 2 is 2.31 bits per heavy atom. The van der Waals surface area contributed by atoms with Crippen LogP contribution in [0.25, 0.3) is 0 Å². The Balaban J connectivity index is 2.00. The van der Waals surface area contributed by atoms with Crippen molar-refractivity contribution < 1.29 is 9.53 Å². The molecule has 0 aromatic rings. The minimum Gasteiger partial charge on any atom is -0.464 e. The fourth-order valence-electron chi connectivity index (χ4n) is 2.95. The van der Waals surface area contributed by atoms with Gasteiger partial charge in [0.15, 0.2) is 0 Å². The molecule has 2 rings (SSSR count). The monoisotopic (exact) mass is 226 g/mol. The third kappa shape index (κ3) is 2.23. The molecule has 2 fully saturated rings. The van der Waals surface area contributed by atoms with Gasteiger partial charge in [-0.2, -0.15) is 0 Å². The molecule has 0 aliphatic carbocycles. The molecular formula is C12H22N2O2. The molecule has 2 aliphatic rings. The van der Waals surface area contributed by atoms with Gasteiger partial charge in [0.25, 0.3) is 0 Å². The Kier molecular flexibility index (Phi) is 3.82. The Hall–Kier alpha value is -0.610. The first-order valence-electron chi connectivity index (χ1n) is 6.38. The van der Waals surface area contributed by atoms with Gasteiger partial charge in [-0.3, -0.25) is 9.69 Å². The van der Waals surface area contributed by atoms with Crippen molar-refractivity contribution in [2.24, 2.45) is 11.7 Å². The first-order valence-corrected chi connectivity index (χ1v) is 6.38. The van der Waals surface area contributed by atoms with Gasteiger partial charge >= 0.3 is 5.97 Å². The normalized spacial score (nSPS) is 36.4. The Bertz CT molecular complexity index is 257. The largest absolute Gasteiger partial charge is 0.464 e. The second-order valence-electron chi connectivity index (χ2n) is 4.90. The molecule has 4 nitrogen and oxygen atoms in total. The summed E-state index contributed by atoms with van der Waals surface area (Å²) in [5.74, 6) is 0.732. The molecule has 0 aromatic carbocycles. The highest BCUT2D eigenvalue weighted by molar-refractivity contribution is 5.77. The molecule has 0 amide bonds. The Morgan fingerprint density at radius 3 is 2.88 bits per heavy atom. The first kappa shape index (κ1) is 11.9. The van der Waals surface area contributed by atoms with Crippen molar-refractivity contribution in [3.8, 4) is 0 Å². The lowest BCUT2D eigenvalue weighted by Gasteiger charge is -2.40. The second kappa shape index (κ2) is 5.15. The van der Waals surface area contributed by atoms with Crippen LogP contribution < -0.4 is 5.73 Å². The topological polar surface area (TPSA) is 55.6 Å². The molecule has 2 saturated heterocycles. The quantitative estimate of drug-likeness (QED) is 0.722. The number of likely N-dealkylation sites (tertiary alicyclic amines) is 1. The summed E-state index contributed by atoms with van der Waals surface area (Å²) in [7, 11) is 0. The van der Waals surface area contributed by atoms with Crippen molar-refractivity contribution in [3.63, 3.8) is 0 Å². The SMILES string of the molecule is CCC1CCN(C2CCOC2=O)C(CN)C1. The van der Waals surface area contributed by atoms with Crippen LogP contribution >= 0.6 is 0 Å². The van der Waals surface area contributed by atoms with E-state index in [2.05, 4.69) is 11.8 Å². The number of piperidine rings is 1. The van der Waals surface area contributed by atoms with Crippen molar-refractivity contribution in [1.29, 1.82) is 0 Å². The molecule has 0 radical (unpaired) electrons. The molecule has 16 heavy (non-hydrogen) atoms. The molecule has 2 aliphatic heterocycles. The third-order valence-electron chi connectivity index (χ3n) is 4.03. The van der Waals surface area contributed by atoms with E-state index in [4.69, 9.17) is 10.5 Å². The first-order chi connectivity index (χ1) is 7.76. The van der Waals surface area contributed by atoms with Crippen molar-refractivity contribution >= 4 is 5.97 Å². The number of carbonyl (C=O) groups excluding carboxylic acids is 1. The van der Waals surface area contributed by atoms with Crippen molar-refractivity contribution in [2.75, 3.05) is 19.7 Å². The summed E-state index contributed by atoms with van der Waals surface area (Å²) in [6, 6.07) is 0.348. The zero-order valence-electron chi connectivity index (χ0n) is 10.0. The molecular weight excluding hydrogens is 204 g/mol. The number of nitrogens with two attached hydrogens (primary N) is 1. The summed E-state index contributed by atoms with van der Waals surface area (Å²) in [5, 5.41) is 0. The van der Waals surface area contributed by atoms with Crippen LogP contribution in [0.4, 0.5) is 0 Å². The van der Waals surface area contributed by atoms with Crippen LogP contribution in [0, 0.1) is 5.92 Å². The van der Waals surface area contributed by atoms with Crippen LogP contribution in [0.3, 0.4) is 0 Å². The highest BCUT2D eigenvalue weighted by Gasteiger charge is 2.38. The molecule has 2 N–H and O–H groups in total. The summed E-state index contributed by atoms with van der Waals surface area (Å²) >= 11 is 0. The van der Waals surface area contributed by atoms with E-state index >= 15 is 0 Å². The summed E-state index contributed by atoms with van der Waals surface area (Å²) < 4.78 is 5.04. The average molecular weight is 226 g/mol. The molecule has 3 unspecified atom stereocenters. The predicted molar refractivity (Wildman–Crippen MR) is 61.9 cm³/mol. The van der Waals surface area contributed by atoms with Crippen molar-refractivity contribution in [2.45, 2.75) is 44.7 Å². The predicted octanol–water partition coefficient (Wildman–Crippen LogP) is 0.751. The van der Waals surface area contributed by atoms with E-state index < -0.39 is 0 Å². The Labute approximate surface area is 97.1 Å². The number of nitrogens with zero attached hydrogens (tertiary/aromatic N) is 1. The third-order valence-corrected chi connectivity index (χ3v) is 4.03. The smallest absolute Gasteiger partial charge is 0.323 e. The van der Waals surface area contributed by atoms with Gasteiger partial charge in [-0.25, -0.2) is 0 Å². The zero-order chi connectivity index (χ0) is 11.5. The van der Waals surface area contributed by atoms with Crippen LogP contribution in [-0.2, 0) is 9.53 Å². The number of ether oxygens (including phenoxy) is 1. The van der Waals surface area contributed by atoms with E-state index in [0.29, 0.717) is 19.2 Å². The maximum atomic E-state index is 11.6. The number of hydrogen-bond acceptors (Lipinski definition) is 4. The summed E-state index contributed by atoms with van der Waals surface area (Å²) in [6.45, 7) is 4.46. The summed E-state index contributed by atoms with van der Waals surface area (Å²) in [6.07, 6.45) is 4.39. The lowest BCUT2D eigenvalue weighted by molar-refractivity contribution is -0.143. The molecule has 0 spiro atoms. The number of hydrogen-bond donors (Lipinski definition) is 1. The minimum atomic E-state index is -0.0478. The number of rotatable bonds is 3. The molecule has 0 aromatic heterocycles. The molecule has 2 heterocycles. The maximum absolute atomic E-state index is 11.6. The average Bonchev–Trinajstić information content (AvgIpc) is 2.74. The van der Waals surface area contributed by atoms with E-state index in [9.17, 15) is 4.79 Å². The fraction of sp³-hybridized carbons (Fsp3) is 0.917. The van der Waals surface area contributed by atoms with Gasteiger partial charge in [0.05, 0.1) is 6.61 Å².